The molecule has 1 N–H and O–H groups in total. The van der Waals surface area contributed by atoms with Gasteiger partial charge in [-0.2, -0.15) is 4.91 Å². The van der Waals surface area contributed by atoms with Crippen molar-refractivity contribution in [1.82, 2.24) is 5.32 Å². The number of hydrogen-bond acceptors (Lipinski definition) is 4. The Bertz CT molecular complexity index is 1240. The van der Waals surface area contributed by atoms with E-state index in [1.165, 1.54) is 10.4 Å². The lowest BCUT2D eigenvalue weighted by molar-refractivity contribution is -0.122. The second-order valence-corrected chi connectivity index (χ2v) is 9.07. The molecule has 4 atom stereocenters. The number of allylic oxidation sites excluding steroid dienone is 4. The fourth-order valence-corrected chi connectivity index (χ4v) is 4.96. The fourth-order valence-electron chi connectivity index (χ4n) is 4.76. The van der Waals surface area contributed by atoms with Gasteiger partial charge in [0.2, 0.25) is 5.91 Å². The maximum atomic E-state index is 13.2. The van der Waals surface area contributed by atoms with Crippen LogP contribution in [0.2, 0.25) is 0 Å². The number of carbonyl (C=O) groups excluding carboxylic acids is 1. The van der Waals surface area contributed by atoms with E-state index >= 15 is 0 Å². The Labute approximate surface area is 191 Å². The van der Waals surface area contributed by atoms with Crippen LogP contribution < -0.4 is 15.8 Å². The monoisotopic (exact) mass is 445 g/mol. The first-order valence-corrected chi connectivity index (χ1v) is 11.4. The first-order chi connectivity index (χ1) is 15.6. The summed E-state index contributed by atoms with van der Waals surface area (Å²) in [6, 6.07) is 7.31. The van der Waals surface area contributed by atoms with E-state index in [1.54, 1.807) is 6.08 Å². The van der Waals surface area contributed by atoms with Crippen molar-refractivity contribution in [3.63, 3.8) is 0 Å². The summed E-state index contributed by atoms with van der Waals surface area (Å²) in [5, 5.41) is 9.40. The number of nitrogens with zero attached hydrogens (tertiary/aromatic N) is 2. The topological polar surface area (TPSA) is 70.9 Å². The van der Waals surface area contributed by atoms with E-state index in [0.29, 0.717) is 24.3 Å². The van der Waals surface area contributed by atoms with Crippen LogP contribution in [0.1, 0.15) is 25.7 Å². The number of halogens is 1. The molecule has 0 saturated heterocycles. The van der Waals surface area contributed by atoms with Gasteiger partial charge in [0, 0.05) is 10.6 Å². The molecule has 1 amide bonds. The lowest BCUT2D eigenvalue weighted by Crippen LogP contribution is -2.41. The standard InChI is InChI=1S/C26H24ClN3O2/c27-20-9-12-23-22(15-20)25(18-7-10-21(30-32)11-8-18)28-24(26(31)29-23)14-16-5-6-17-3-1-2-4-19(17)13-16/h1-4,6-10,13,15-16,21,23-24H,5,11-12,14H2,(H,29,31). The Morgan fingerprint density at radius 1 is 1.09 bits per heavy atom. The average Bonchev–Trinajstić information content (AvgIpc) is 2.95. The van der Waals surface area contributed by atoms with Crippen molar-refractivity contribution in [2.24, 2.45) is 16.1 Å². The molecule has 0 aromatic heterocycles. The molecule has 0 spiro atoms. The van der Waals surface area contributed by atoms with Crippen LogP contribution in [0.3, 0.4) is 0 Å². The molecule has 4 unspecified atom stereocenters. The minimum atomic E-state index is -0.494. The summed E-state index contributed by atoms with van der Waals surface area (Å²) < 4.78 is 0. The molecule has 1 aromatic carbocycles. The van der Waals surface area contributed by atoms with Gasteiger partial charge in [0.05, 0.1) is 11.8 Å². The Balaban J connectivity index is 1.50. The van der Waals surface area contributed by atoms with Crippen LogP contribution in [-0.4, -0.2) is 29.7 Å². The Hall–Kier alpha value is -3.05. The number of aliphatic imine (C=N–C) groups is 1. The molecule has 1 aromatic rings. The highest BCUT2D eigenvalue weighted by Crippen LogP contribution is 2.30. The summed E-state index contributed by atoms with van der Waals surface area (Å²) in [6.07, 6.45) is 16.7. The number of rotatable bonds is 4. The van der Waals surface area contributed by atoms with Gasteiger partial charge in [-0.25, -0.2) is 0 Å². The average molecular weight is 446 g/mol. The summed E-state index contributed by atoms with van der Waals surface area (Å²) >= 11 is 6.33. The van der Waals surface area contributed by atoms with Crippen molar-refractivity contribution in [2.45, 2.75) is 43.8 Å². The first-order valence-electron chi connectivity index (χ1n) is 11.0. The van der Waals surface area contributed by atoms with E-state index in [4.69, 9.17) is 16.6 Å². The van der Waals surface area contributed by atoms with Crippen LogP contribution in [0.4, 0.5) is 0 Å². The van der Waals surface area contributed by atoms with Gasteiger partial charge in [-0.1, -0.05) is 77.5 Å². The van der Waals surface area contributed by atoms with Gasteiger partial charge in [0.1, 0.15) is 12.1 Å². The van der Waals surface area contributed by atoms with E-state index < -0.39 is 6.04 Å². The van der Waals surface area contributed by atoms with E-state index in [-0.39, 0.29) is 23.9 Å². The number of nitroso groups, excluding NO2 is 1. The molecule has 1 aliphatic heterocycles. The number of nitrogens with one attached hydrogen (secondary N) is 1. The zero-order chi connectivity index (χ0) is 22.1. The Morgan fingerprint density at radius 2 is 1.94 bits per heavy atom. The third kappa shape index (κ3) is 4.17. The molecule has 0 bridgehead atoms. The number of benzene rings is 1. The molecule has 3 aliphatic carbocycles. The highest BCUT2D eigenvalue weighted by atomic mass is 35.5. The molecule has 0 radical (unpaired) electrons. The first kappa shape index (κ1) is 20.8. The minimum Gasteiger partial charge on any atom is -0.347 e. The van der Waals surface area contributed by atoms with Gasteiger partial charge in [-0.05, 0) is 53.7 Å². The second-order valence-electron chi connectivity index (χ2n) is 8.64. The van der Waals surface area contributed by atoms with E-state index in [2.05, 4.69) is 34.8 Å². The van der Waals surface area contributed by atoms with Gasteiger partial charge >= 0.3 is 0 Å². The second kappa shape index (κ2) is 8.83. The van der Waals surface area contributed by atoms with Crippen molar-refractivity contribution in [1.29, 1.82) is 0 Å². The maximum absolute atomic E-state index is 13.2. The third-order valence-electron chi connectivity index (χ3n) is 6.46. The summed E-state index contributed by atoms with van der Waals surface area (Å²) in [4.78, 5) is 29.1. The quantitative estimate of drug-likeness (QED) is 0.721. The molecule has 32 heavy (non-hydrogen) atoms. The summed E-state index contributed by atoms with van der Waals surface area (Å²) in [6.45, 7) is 0. The van der Waals surface area contributed by atoms with Gasteiger partial charge in [-0.3, -0.25) is 9.79 Å². The molecule has 0 fully saturated rings. The third-order valence-corrected chi connectivity index (χ3v) is 6.72. The van der Waals surface area contributed by atoms with Crippen LogP contribution in [0.15, 0.2) is 81.0 Å². The zero-order valence-electron chi connectivity index (χ0n) is 17.6. The Kier molecular flexibility index (Phi) is 5.75. The molecule has 5 nitrogen and oxygen atoms in total. The van der Waals surface area contributed by atoms with E-state index in [9.17, 15) is 9.70 Å². The highest BCUT2D eigenvalue weighted by molar-refractivity contribution is 6.32. The smallest absolute Gasteiger partial charge is 0.245 e. The van der Waals surface area contributed by atoms with Crippen molar-refractivity contribution in [2.75, 3.05) is 0 Å². The van der Waals surface area contributed by atoms with Gasteiger partial charge in [0.25, 0.3) is 0 Å². The molecule has 5 rings (SSSR count). The normalized spacial score (nSPS) is 28.8. The number of fused-ring (bicyclic) bond motifs is 2. The SMILES string of the molecule is O=NC1C=CC(C2=NC(CC3C=c4ccccc4=CC3)C(=O)NC3CC=C(Cl)C=C23)=CC1. The summed E-state index contributed by atoms with van der Waals surface area (Å²) in [5.41, 5.74) is 2.62. The van der Waals surface area contributed by atoms with Crippen molar-refractivity contribution in [3.8, 4) is 0 Å². The van der Waals surface area contributed by atoms with Crippen LogP contribution in [-0.2, 0) is 4.79 Å². The van der Waals surface area contributed by atoms with E-state index in [0.717, 1.165) is 23.3 Å². The number of carbonyl (C=O) groups is 1. The van der Waals surface area contributed by atoms with Gasteiger partial charge in [-0.15, -0.1) is 0 Å². The van der Waals surface area contributed by atoms with Crippen molar-refractivity contribution in [3.05, 3.63) is 86.2 Å². The largest absolute Gasteiger partial charge is 0.347 e. The minimum absolute atomic E-state index is 0.0533. The molecule has 162 valence electrons. The summed E-state index contributed by atoms with van der Waals surface area (Å²) in [5.74, 6) is 0.184. The van der Waals surface area contributed by atoms with Crippen molar-refractivity contribution < 1.29 is 4.79 Å². The summed E-state index contributed by atoms with van der Waals surface area (Å²) in [7, 11) is 0. The van der Waals surface area contributed by atoms with Crippen LogP contribution in [0, 0.1) is 10.8 Å². The van der Waals surface area contributed by atoms with Gasteiger partial charge in [0.15, 0.2) is 0 Å². The predicted octanol–water partition coefficient (Wildman–Crippen LogP) is 3.44. The highest BCUT2D eigenvalue weighted by Gasteiger charge is 2.33. The lowest BCUT2D eigenvalue weighted by atomic mass is 9.88. The lowest BCUT2D eigenvalue weighted by Gasteiger charge is -2.23. The fraction of sp³-hybridized carbons (Fsp3) is 0.308. The van der Waals surface area contributed by atoms with Crippen LogP contribution >= 0.6 is 11.6 Å². The van der Waals surface area contributed by atoms with E-state index in [1.807, 2.05) is 36.4 Å². The molecule has 6 heteroatoms. The molecule has 0 saturated carbocycles. The predicted molar refractivity (Wildman–Crippen MR) is 129 cm³/mol. The molecule has 4 aliphatic rings. The molecular formula is C26H24ClN3O2. The molecule has 1 heterocycles. The number of hydrogen-bond donors (Lipinski definition) is 1. The Morgan fingerprint density at radius 3 is 2.72 bits per heavy atom. The van der Waals surface area contributed by atoms with Crippen LogP contribution in [0.5, 0.6) is 0 Å². The van der Waals surface area contributed by atoms with Crippen LogP contribution in [0.25, 0.3) is 12.2 Å². The number of amides is 1. The zero-order valence-corrected chi connectivity index (χ0v) is 18.3. The van der Waals surface area contributed by atoms with Crippen molar-refractivity contribution >= 4 is 35.4 Å². The maximum Gasteiger partial charge on any atom is 0.245 e. The van der Waals surface area contributed by atoms with Gasteiger partial charge < -0.3 is 5.32 Å². The molecular weight excluding hydrogens is 422 g/mol.